The van der Waals surface area contributed by atoms with Crippen molar-refractivity contribution in [3.63, 3.8) is 0 Å². The van der Waals surface area contributed by atoms with E-state index >= 15 is 0 Å². The van der Waals surface area contributed by atoms with Crippen molar-refractivity contribution < 1.29 is 14.6 Å². The summed E-state index contributed by atoms with van der Waals surface area (Å²) in [5, 5.41) is 8.79. The van der Waals surface area contributed by atoms with E-state index in [2.05, 4.69) is 4.90 Å². The van der Waals surface area contributed by atoms with E-state index in [1.807, 2.05) is 13.1 Å². The summed E-state index contributed by atoms with van der Waals surface area (Å²) in [5.74, 6) is -0.849. The molecule has 0 bridgehead atoms. The predicted molar refractivity (Wildman–Crippen MR) is 64.1 cm³/mol. The summed E-state index contributed by atoms with van der Waals surface area (Å²) in [6.07, 6.45) is 0.990. The van der Waals surface area contributed by atoms with Gasteiger partial charge in [-0.25, -0.2) is 4.79 Å². The number of aromatic carboxylic acids is 1. The third-order valence-corrected chi connectivity index (χ3v) is 3.24. The van der Waals surface area contributed by atoms with Gasteiger partial charge in [-0.3, -0.25) is 0 Å². The molecule has 90 valence electrons. The number of rotatable bonds is 7. The van der Waals surface area contributed by atoms with Crippen LogP contribution < -0.4 is 0 Å². The molecule has 0 fully saturated rings. The summed E-state index contributed by atoms with van der Waals surface area (Å²) >= 11 is 1.34. The van der Waals surface area contributed by atoms with Gasteiger partial charge in [0.25, 0.3) is 0 Å². The summed E-state index contributed by atoms with van der Waals surface area (Å²) in [6, 6.07) is 3.53. The minimum atomic E-state index is -0.849. The van der Waals surface area contributed by atoms with Crippen molar-refractivity contribution in [2.24, 2.45) is 0 Å². The molecule has 0 saturated heterocycles. The molecule has 0 atom stereocenters. The van der Waals surface area contributed by atoms with Gasteiger partial charge in [0, 0.05) is 31.7 Å². The Balaban J connectivity index is 2.37. The first kappa shape index (κ1) is 13.2. The number of carbonyl (C=O) groups is 1. The Hall–Kier alpha value is -0.910. The maximum absolute atomic E-state index is 10.7. The van der Waals surface area contributed by atoms with E-state index in [1.54, 1.807) is 13.2 Å². The average Bonchev–Trinajstić information content (AvgIpc) is 2.66. The van der Waals surface area contributed by atoms with Gasteiger partial charge in [0.2, 0.25) is 0 Å². The van der Waals surface area contributed by atoms with Gasteiger partial charge in [0.15, 0.2) is 0 Å². The van der Waals surface area contributed by atoms with Crippen LogP contribution in [0.4, 0.5) is 0 Å². The molecule has 5 heteroatoms. The van der Waals surface area contributed by atoms with Gasteiger partial charge in [-0.05, 0) is 25.6 Å². The zero-order chi connectivity index (χ0) is 12.0. The zero-order valence-electron chi connectivity index (χ0n) is 9.60. The molecule has 0 amide bonds. The van der Waals surface area contributed by atoms with Crippen molar-refractivity contribution in [1.29, 1.82) is 0 Å². The molecule has 0 aromatic carbocycles. The van der Waals surface area contributed by atoms with Crippen LogP contribution in [0.5, 0.6) is 0 Å². The standard InChI is InChI=1S/C11H17NO3S/c1-12(6-3-7-15-2)8-9-4-5-10(16-9)11(13)14/h4-5H,3,6-8H2,1-2H3,(H,13,14). The van der Waals surface area contributed by atoms with E-state index in [-0.39, 0.29) is 0 Å². The van der Waals surface area contributed by atoms with Crippen LogP contribution in [-0.2, 0) is 11.3 Å². The molecule has 0 aliphatic heterocycles. The largest absolute Gasteiger partial charge is 0.477 e. The van der Waals surface area contributed by atoms with Crippen LogP contribution >= 0.6 is 11.3 Å². The Morgan fingerprint density at radius 1 is 1.56 bits per heavy atom. The molecule has 1 rings (SSSR count). The number of carboxylic acid groups (broad SMARTS) is 1. The first-order valence-corrected chi connectivity index (χ1v) is 5.94. The summed E-state index contributed by atoms with van der Waals surface area (Å²) < 4.78 is 4.98. The van der Waals surface area contributed by atoms with E-state index in [4.69, 9.17) is 9.84 Å². The fourth-order valence-electron chi connectivity index (χ4n) is 1.40. The molecule has 1 aromatic rings. The molecular weight excluding hydrogens is 226 g/mol. The number of thiophene rings is 1. The highest BCUT2D eigenvalue weighted by Crippen LogP contribution is 2.17. The van der Waals surface area contributed by atoms with E-state index in [9.17, 15) is 4.79 Å². The van der Waals surface area contributed by atoms with E-state index in [0.717, 1.165) is 31.0 Å². The molecule has 4 nitrogen and oxygen atoms in total. The average molecular weight is 243 g/mol. The number of carboxylic acids is 1. The molecule has 0 aliphatic rings. The Labute approximate surface area is 99.5 Å². The van der Waals surface area contributed by atoms with Crippen LogP contribution in [0.25, 0.3) is 0 Å². The molecule has 0 saturated carbocycles. The Morgan fingerprint density at radius 3 is 2.88 bits per heavy atom. The number of nitrogens with zero attached hydrogens (tertiary/aromatic N) is 1. The maximum Gasteiger partial charge on any atom is 0.345 e. The van der Waals surface area contributed by atoms with Crippen molar-refractivity contribution in [2.45, 2.75) is 13.0 Å². The smallest absolute Gasteiger partial charge is 0.345 e. The van der Waals surface area contributed by atoms with Crippen molar-refractivity contribution in [3.05, 3.63) is 21.9 Å². The van der Waals surface area contributed by atoms with Crippen molar-refractivity contribution in [2.75, 3.05) is 27.3 Å². The first-order chi connectivity index (χ1) is 7.63. The zero-order valence-corrected chi connectivity index (χ0v) is 10.4. The van der Waals surface area contributed by atoms with E-state index in [1.165, 1.54) is 11.3 Å². The molecule has 1 aromatic heterocycles. The lowest BCUT2D eigenvalue weighted by molar-refractivity contribution is 0.0702. The summed E-state index contributed by atoms with van der Waals surface area (Å²) in [6.45, 7) is 2.50. The minimum Gasteiger partial charge on any atom is -0.477 e. The molecule has 1 N–H and O–H groups in total. The van der Waals surface area contributed by atoms with Gasteiger partial charge < -0.3 is 14.7 Å². The third-order valence-electron chi connectivity index (χ3n) is 2.19. The lowest BCUT2D eigenvalue weighted by atomic mass is 10.3. The van der Waals surface area contributed by atoms with Crippen LogP contribution in [0.2, 0.25) is 0 Å². The Bertz CT molecular complexity index is 338. The van der Waals surface area contributed by atoms with Crippen LogP contribution in [0, 0.1) is 0 Å². The quantitative estimate of drug-likeness (QED) is 0.743. The predicted octanol–water partition coefficient (Wildman–Crippen LogP) is 1.91. The highest BCUT2D eigenvalue weighted by molar-refractivity contribution is 7.13. The second kappa shape index (κ2) is 6.62. The van der Waals surface area contributed by atoms with Crippen LogP contribution in [-0.4, -0.2) is 43.3 Å². The topological polar surface area (TPSA) is 49.8 Å². The van der Waals surface area contributed by atoms with Gasteiger partial charge in [-0.1, -0.05) is 0 Å². The second-order valence-electron chi connectivity index (χ2n) is 3.66. The van der Waals surface area contributed by atoms with Crippen LogP contribution in [0.3, 0.4) is 0 Å². The molecule has 1 heterocycles. The van der Waals surface area contributed by atoms with E-state index in [0.29, 0.717) is 4.88 Å². The number of hydrogen-bond acceptors (Lipinski definition) is 4. The SMILES string of the molecule is COCCCN(C)Cc1ccc(C(=O)O)s1. The lowest BCUT2D eigenvalue weighted by Gasteiger charge is -2.14. The molecular formula is C11H17NO3S. The molecule has 0 unspecified atom stereocenters. The monoisotopic (exact) mass is 243 g/mol. The first-order valence-electron chi connectivity index (χ1n) is 5.13. The van der Waals surface area contributed by atoms with Gasteiger partial charge in [0.1, 0.15) is 4.88 Å². The summed E-state index contributed by atoms with van der Waals surface area (Å²) in [5.41, 5.74) is 0. The van der Waals surface area contributed by atoms with Gasteiger partial charge in [-0.2, -0.15) is 0 Å². The Morgan fingerprint density at radius 2 is 2.31 bits per heavy atom. The van der Waals surface area contributed by atoms with E-state index < -0.39 is 5.97 Å². The second-order valence-corrected chi connectivity index (χ2v) is 4.82. The molecule has 0 aliphatic carbocycles. The molecule has 0 radical (unpaired) electrons. The van der Waals surface area contributed by atoms with Gasteiger partial charge in [0.05, 0.1) is 0 Å². The van der Waals surface area contributed by atoms with Gasteiger partial charge >= 0.3 is 5.97 Å². The van der Waals surface area contributed by atoms with Crippen molar-refractivity contribution in [1.82, 2.24) is 4.90 Å². The number of ether oxygens (including phenoxy) is 1. The summed E-state index contributed by atoms with van der Waals surface area (Å²) in [4.78, 5) is 14.3. The van der Waals surface area contributed by atoms with Crippen LogP contribution in [0.1, 0.15) is 21.0 Å². The fourth-order valence-corrected chi connectivity index (χ4v) is 2.33. The lowest BCUT2D eigenvalue weighted by Crippen LogP contribution is -2.19. The van der Waals surface area contributed by atoms with Crippen molar-refractivity contribution in [3.8, 4) is 0 Å². The van der Waals surface area contributed by atoms with Crippen molar-refractivity contribution >= 4 is 17.3 Å². The van der Waals surface area contributed by atoms with Gasteiger partial charge in [-0.15, -0.1) is 11.3 Å². The molecule has 0 spiro atoms. The number of methoxy groups -OCH3 is 1. The van der Waals surface area contributed by atoms with Crippen LogP contribution in [0.15, 0.2) is 12.1 Å². The number of hydrogen-bond donors (Lipinski definition) is 1. The normalized spacial score (nSPS) is 10.9. The third kappa shape index (κ3) is 4.30. The summed E-state index contributed by atoms with van der Waals surface area (Å²) in [7, 11) is 3.72. The highest BCUT2D eigenvalue weighted by Gasteiger charge is 2.08. The molecule has 16 heavy (non-hydrogen) atoms. The highest BCUT2D eigenvalue weighted by atomic mass is 32.1. The minimum absolute atomic E-state index is 0.403. The Kier molecular flexibility index (Phi) is 5.45. The maximum atomic E-state index is 10.7. The fraction of sp³-hybridized carbons (Fsp3) is 0.545.